The van der Waals surface area contributed by atoms with E-state index >= 15 is 0 Å². The van der Waals surface area contributed by atoms with Crippen molar-refractivity contribution in [3.8, 4) is 0 Å². The molecule has 2 aliphatic rings. The van der Waals surface area contributed by atoms with Crippen LogP contribution in [0, 0.1) is 5.92 Å². The van der Waals surface area contributed by atoms with E-state index in [1.807, 2.05) is 18.2 Å². The summed E-state index contributed by atoms with van der Waals surface area (Å²) in [5.74, 6) is 1.16. The SMILES string of the molecule is C[C@@H]1CCCC[C@H]1NC(=O)Cn1c(C[NH+]2CCCCC2)nc2ccccc2c1=O. The van der Waals surface area contributed by atoms with Crippen molar-refractivity contribution < 1.29 is 9.69 Å². The third-order valence-corrected chi connectivity index (χ3v) is 6.67. The van der Waals surface area contributed by atoms with Crippen LogP contribution in [0.1, 0.15) is 57.7 Å². The highest BCUT2D eigenvalue weighted by Crippen LogP contribution is 2.23. The summed E-state index contributed by atoms with van der Waals surface area (Å²) >= 11 is 0. The number of nitrogens with one attached hydrogen (secondary N) is 2. The van der Waals surface area contributed by atoms with Gasteiger partial charge < -0.3 is 10.2 Å². The third-order valence-electron chi connectivity index (χ3n) is 6.67. The fourth-order valence-corrected chi connectivity index (χ4v) is 4.89. The fourth-order valence-electron chi connectivity index (χ4n) is 4.89. The van der Waals surface area contributed by atoms with Crippen molar-refractivity contribution in [3.63, 3.8) is 0 Å². The first-order valence-electron chi connectivity index (χ1n) is 11.2. The molecule has 1 aliphatic heterocycles. The van der Waals surface area contributed by atoms with Crippen molar-refractivity contribution in [3.05, 3.63) is 40.4 Å². The Morgan fingerprint density at radius 3 is 2.69 bits per heavy atom. The molecule has 0 unspecified atom stereocenters. The van der Waals surface area contributed by atoms with Crippen LogP contribution in [-0.2, 0) is 17.9 Å². The number of likely N-dealkylation sites (tertiary alicyclic amines) is 1. The molecule has 156 valence electrons. The van der Waals surface area contributed by atoms with Crippen LogP contribution in [0.5, 0.6) is 0 Å². The maximum Gasteiger partial charge on any atom is 0.262 e. The number of hydrogen-bond acceptors (Lipinski definition) is 3. The molecule has 2 atom stereocenters. The van der Waals surface area contributed by atoms with Gasteiger partial charge in [-0.15, -0.1) is 0 Å². The number of piperidine rings is 1. The Hall–Kier alpha value is -2.21. The second-order valence-electron chi connectivity index (χ2n) is 8.86. The summed E-state index contributed by atoms with van der Waals surface area (Å²) in [5.41, 5.74) is 0.621. The molecule has 0 spiro atoms. The van der Waals surface area contributed by atoms with Crippen LogP contribution in [0.25, 0.3) is 10.9 Å². The van der Waals surface area contributed by atoms with Crippen molar-refractivity contribution >= 4 is 16.8 Å². The second kappa shape index (κ2) is 9.08. The Bertz CT molecular complexity index is 917. The number of nitrogens with zero attached hydrogens (tertiary/aromatic N) is 2. The van der Waals surface area contributed by atoms with Gasteiger partial charge in [-0.05, 0) is 50.2 Å². The molecule has 1 saturated heterocycles. The van der Waals surface area contributed by atoms with E-state index in [2.05, 4.69) is 12.2 Å². The molecule has 2 fully saturated rings. The molecule has 1 saturated carbocycles. The Morgan fingerprint density at radius 2 is 1.90 bits per heavy atom. The third kappa shape index (κ3) is 4.69. The van der Waals surface area contributed by atoms with E-state index < -0.39 is 0 Å². The minimum atomic E-state index is -0.103. The summed E-state index contributed by atoms with van der Waals surface area (Å²) in [6.07, 6.45) is 8.30. The maximum atomic E-state index is 13.2. The molecule has 2 aromatic rings. The van der Waals surface area contributed by atoms with Gasteiger partial charge in [0.05, 0.1) is 24.0 Å². The molecule has 4 rings (SSSR count). The first-order valence-corrected chi connectivity index (χ1v) is 11.2. The summed E-state index contributed by atoms with van der Waals surface area (Å²) in [6, 6.07) is 7.68. The van der Waals surface area contributed by atoms with Crippen LogP contribution < -0.4 is 15.8 Å². The van der Waals surface area contributed by atoms with E-state index in [-0.39, 0.29) is 24.1 Å². The lowest BCUT2D eigenvalue weighted by atomic mass is 9.86. The molecule has 0 radical (unpaired) electrons. The number of fused-ring (bicyclic) bond motifs is 1. The average molecular weight is 398 g/mol. The highest BCUT2D eigenvalue weighted by molar-refractivity contribution is 5.79. The largest absolute Gasteiger partial charge is 0.352 e. The van der Waals surface area contributed by atoms with Gasteiger partial charge in [-0.1, -0.05) is 31.9 Å². The quantitative estimate of drug-likeness (QED) is 0.806. The maximum absolute atomic E-state index is 13.2. The van der Waals surface area contributed by atoms with Crippen LogP contribution in [0.4, 0.5) is 0 Å². The lowest BCUT2D eigenvalue weighted by molar-refractivity contribution is -0.919. The Kier molecular flexibility index (Phi) is 6.28. The van der Waals surface area contributed by atoms with Crippen molar-refractivity contribution in [1.29, 1.82) is 0 Å². The van der Waals surface area contributed by atoms with E-state index in [4.69, 9.17) is 4.98 Å². The van der Waals surface area contributed by atoms with Gasteiger partial charge in [0.1, 0.15) is 13.1 Å². The highest BCUT2D eigenvalue weighted by Gasteiger charge is 2.24. The molecule has 1 aromatic heterocycles. The summed E-state index contributed by atoms with van der Waals surface area (Å²) in [4.78, 5) is 32.3. The molecule has 1 aromatic carbocycles. The lowest BCUT2D eigenvalue weighted by Crippen LogP contribution is -3.11. The van der Waals surface area contributed by atoms with Gasteiger partial charge in [0.2, 0.25) is 5.91 Å². The molecular formula is C23H33N4O2+. The molecule has 2 heterocycles. The summed E-state index contributed by atoms with van der Waals surface area (Å²) < 4.78 is 1.62. The zero-order valence-corrected chi connectivity index (χ0v) is 17.5. The van der Waals surface area contributed by atoms with Crippen LogP contribution in [0.2, 0.25) is 0 Å². The zero-order chi connectivity index (χ0) is 20.2. The molecule has 6 heteroatoms. The standard InChI is InChI=1S/C23H32N4O2/c1-17-9-3-5-11-19(17)25-22(28)16-27-21(15-26-13-7-2-8-14-26)24-20-12-6-4-10-18(20)23(27)29/h4,6,10,12,17,19H,2-3,5,7-9,11,13-16H2,1H3,(H,25,28)/p+1/t17-,19-/m1/s1. The number of carbonyl (C=O) groups is 1. The van der Waals surface area contributed by atoms with Crippen LogP contribution >= 0.6 is 0 Å². The molecule has 0 bridgehead atoms. The highest BCUT2D eigenvalue weighted by atomic mass is 16.2. The van der Waals surface area contributed by atoms with E-state index in [0.717, 1.165) is 43.7 Å². The predicted molar refractivity (Wildman–Crippen MR) is 114 cm³/mol. The Morgan fingerprint density at radius 1 is 1.14 bits per heavy atom. The summed E-state index contributed by atoms with van der Waals surface area (Å²) in [5, 5.41) is 3.78. The van der Waals surface area contributed by atoms with E-state index in [1.165, 1.54) is 30.6 Å². The number of amides is 1. The van der Waals surface area contributed by atoms with Gasteiger partial charge >= 0.3 is 0 Å². The Balaban J connectivity index is 1.60. The number of rotatable bonds is 5. The van der Waals surface area contributed by atoms with E-state index in [0.29, 0.717) is 17.8 Å². The number of carbonyl (C=O) groups excluding carboxylic acids is 1. The fraction of sp³-hybridized carbons (Fsp3) is 0.609. The van der Waals surface area contributed by atoms with E-state index in [1.54, 1.807) is 10.6 Å². The lowest BCUT2D eigenvalue weighted by Gasteiger charge is -2.29. The number of hydrogen-bond donors (Lipinski definition) is 2. The molecule has 6 nitrogen and oxygen atoms in total. The van der Waals surface area contributed by atoms with E-state index in [9.17, 15) is 9.59 Å². The first kappa shape index (κ1) is 20.1. The molecule has 2 N–H and O–H groups in total. The number of para-hydroxylation sites is 1. The summed E-state index contributed by atoms with van der Waals surface area (Å²) in [7, 11) is 0. The van der Waals surface area contributed by atoms with Crippen molar-refractivity contribution in [2.24, 2.45) is 5.92 Å². The van der Waals surface area contributed by atoms with Gasteiger partial charge in [-0.2, -0.15) is 0 Å². The van der Waals surface area contributed by atoms with Gasteiger partial charge in [-0.25, -0.2) is 4.98 Å². The second-order valence-corrected chi connectivity index (χ2v) is 8.86. The van der Waals surface area contributed by atoms with Crippen molar-refractivity contribution in [1.82, 2.24) is 14.9 Å². The topological polar surface area (TPSA) is 68.4 Å². The van der Waals surface area contributed by atoms with Gasteiger partial charge in [-0.3, -0.25) is 14.2 Å². The normalized spacial score (nSPS) is 23.2. The molecule has 1 aliphatic carbocycles. The molecule has 1 amide bonds. The number of aromatic nitrogens is 2. The van der Waals surface area contributed by atoms with Gasteiger partial charge in [0.25, 0.3) is 5.56 Å². The van der Waals surface area contributed by atoms with Gasteiger partial charge in [0, 0.05) is 6.04 Å². The number of benzene rings is 1. The predicted octanol–water partition coefficient (Wildman–Crippen LogP) is 1.66. The zero-order valence-electron chi connectivity index (χ0n) is 17.5. The minimum absolute atomic E-state index is 0.0580. The monoisotopic (exact) mass is 397 g/mol. The summed E-state index contributed by atoms with van der Waals surface area (Å²) in [6.45, 7) is 5.18. The first-order chi connectivity index (χ1) is 14.1. The smallest absolute Gasteiger partial charge is 0.262 e. The Labute approximate surface area is 172 Å². The van der Waals surface area contributed by atoms with Crippen molar-refractivity contribution in [2.45, 2.75) is 71.0 Å². The number of quaternary nitrogens is 1. The minimum Gasteiger partial charge on any atom is -0.352 e. The van der Waals surface area contributed by atoms with Gasteiger partial charge in [0.15, 0.2) is 5.82 Å². The van der Waals surface area contributed by atoms with Crippen LogP contribution in [-0.4, -0.2) is 34.6 Å². The van der Waals surface area contributed by atoms with Crippen LogP contribution in [0.3, 0.4) is 0 Å². The average Bonchev–Trinajstić information content (AvgIpc) is 2.73. The van der Waals surface area contributed by atoms with Crippen LogP contribution in [0.15, 0.2) is 29.1 Å². The van der Waals surface area contributed by atoms with Crippen molar-refractivity contribution in [2.75, 3.05) is 13.1 Å². The molecule has 29 heavy (non-hydrogen) atoms. The molecular weight excluding hydrogens is 364 g/mol.